The first-order valence-corrected chi connectivity index (χ1v) is 8.23. The van der Waals surface area contributed by atoms with Gasteiger partial charge in [0.05, 0.1) is 11.0 Å². The monoisotopic (exact) mass is 376 g/mol. The quantitative estimate of drug-likeness (QED) is 0.591. The fourth-order valence-corrected chi connectivity index (χ4v) is 3.26. The number of ether oxygens (including phenoxy) is 1. The van der Waals surface area contributed by atoms with Crippen LogP contribution in [0.25, 0.3) is 0 Å². The van der Waals surface area contributed by atoms with E-state index in [0.717, 1.165) is 5.56 Å². The summed E-state index contributed by atoms with van der Waals surface area (Å²) >= 11 is 3.30. The van der Waals surface area contributed by atoms with Gasteiger partial charge in [0.2, 0.25) is 0 Å². The number of nitrogens with zero attached hydrogens (tertiary/aromatic N) is 2. The topological polar surface area (TPSA) is 55.6 Å². The molecule has 2 unspecified atom stereocenters. The number of hydrogen-bond donors (Lipinski definition) is 0. The van der Waals surface area contributed by atoms with Crippen molar-refractivity contribution in [2.75, 3.05) is 18.0 Å². The summed E-state index contributed by atoms with van der Waals surface area (Å²) in [5, 5.41) is 11.4. The highest BCUT2D eigenvalue weighted by atomic mass is 79.9. The number of benzene rings is 2. The van der Waals surface area contributed by atoms with E-state index in [4.69, 9.17) is 4.74 Å². The lowest BCUT2D eigenvalue weighted by atomic mass is 10.1. The molecule has 0 aromatic heterocycles. The van der Waals surface area contributed by atoms with Gasteiger partial charge < -0.3 is 9.64 Å². The molecule has 0 N–H and O–H groups in total. The fraction of sp³-hybridized carbons (Fsp3) is 0.294. The lowest BCUT2D eigenvalue weighted by molar-refractivity contribution is -0.384. The molecule has 0 aliphatic carbocycles. The van der Waals surface area contributed by atoms with Crippen LogP contribution in [0.2, 0.25) is 0 Å². The van der Waals surface area contributed by atoms with E-state index in [1.807, 2.05) is 48.2 Å². The van der Waals surface area contributed by atoms with Crippen molar-refractivity contribution in [2.24, 2.45) is 0 Å². The molecule has 3 rings (SSSR count). The molecule has 0 spiro atoms. The molecule has 2 aromatic carbocycles. The molecule has 0 amide bonds. The van der Waals surface area contributed by atoms with Crippen LogP contribution in [0.4, 0.5) is 11.4 Å². The maximum Gasteiger partial charge on any atom is 0.293 e. The third-order valence-corrected chi connectivity index (χ3v) is 4.40. The predicted octanol–water partition coefficient (Wildman–Crippen LogP) is 4.32. The first-order chi connectivity index (χ1) is 11.0. The molecule has 1 saturated heterocycles. The number of halogens is 1. The number of rotatable bonds is 3. The standard InChI is InChI=1S/C17H17BrN2O3/c1-12-10-19(11-17(23-12)13-5-3-2-4-6-13)15-8-7-14(18)9-16(15)20(21)22/h2-9,12,17H,10-11H2,1H3. The van der Waals surface area contributed by atoms with E-state index in [9.17, 15) is 10.1 Å². The summed E-state index contributed by atoms with van der Waals surface area (Å²) in [6.45, 7) is 3.22. The lowest BCUT2D eigenvalue weighted by Gasteiger charge is -2.38. The smallest absolute Gasteiger partial charge is 0.293 e. The molecule has 5 nitrogen and oxygen atoms in total. The van der Waals surface area contributed by atoms with Crippen LogP contribution in [0.15, 0.2) is 53.0 Å². The zero-order valence-electron chi connectivity index (χ0n) is 12.7. The van der Waals surface area contributed by atoms with Crippen LogP contribution in [-0.4, -0.2) is 24.1 Å². The van der Waals surface area contributed by atoms with Crippen molar-refractivity contribution < 1.29 is 9.66 Å². The van der Waals surface area contributed by atoms with Crippen LogP contribution in [-0.2, 0) is 4.74 Å². The second-order valence-corrected chi connectivity index (χ2v) is 6.56. The predicted molar refractivity (Wildman–Crippen MR) is 92.7 cm³/mol. The van der Waals surface area contributed by atoms with Gasteiger partial charge in [0.15, 0.2) is 0 Å². The van der Waals surface area contributed by atoms with E-state index >= 15 is 0 Å². The third kappa shape index (κ3) is 3.54. The van der Waals surface area contributed by atoms with Crippen molar-refractivity contribution in [1.82, 2.24) is 0 Å². The maximum atomic E-state index is 11.4. The minimum absolute atomic E-state index is 0.00259. The highest BCUT2D eigenvalue weighted by molar-refractivity contribution is 9.10. The average Bonchev–Trinajstić information content (AvgIpc) is 2.55. The summed E-state index contributed by atoms with van der Waals surface area (Å²) in [5.74, 6) is 0. The molecule has 23 heavy (non-hydrogen) atoms. The Balaban J connectivity index is 1.92. The molecule has 0 radical (unpaired) electrons. The molecular weight excluding hydrogens is 360 g/mol. The van der Waals surface area contributed by atoms with Gasteiger partial charge in [-0.05, 0) is 24.6 Å². The zero-order valence-corrected chi connectivity index (χ0v) is 14.3. The maximum absolute atomic E-state index is 11.4. The Labute approximate surface area is 143 Å². The molecule has 2 atom stereocenters. The number of anilines is 1. The minimum atomic E-state index is -0.336. The molecule has 1 aliphatic heterocycles. The molecule has 2 aromatic rings. The Kier molecular flexibility index (Phi) is 4.63. The molecule has 0 saturated carbocycles. The Morgan fingerprint density at radius 1 is 1.22 bits per heavy atom. The SMILES string of the molecule is CC1CN(c2ccc(Br)cc2[N+](=O)[O-])CC(c2ccccc2)O1. The first kappa shape index (κ1) is 16.0. The zero-order chi connectivity index (χ0) is 16.4. The van der Waals surface area contributed by atoms with Crippen molar-refractivity contribution >= 4 is 27.3 Å². The molecule has 1 aliphatic rings. The van der Waals surface area contributed by atoms with E-state index < -0.39 is 0 Å². The summed E-state index contributed by atoms with van der Waals surface area (Å²) < 4.78 is 6.73. The van der Waals surface area contributed by atoms with Gasteiger partial charge in [0.25, 0.3) is 5.69 Å². The Hall–Kier alpha value is -1.92. The van der Waals surface area contributed by atoms with Crippen molar-refractivity contribution in [3.8, 4) is 0 Å². The van der Waals surface area contributed by atoms with Gasteiger partial charge in [-0.15, -0.1) is 0 Å². The van der Waals surface area contributed by atoms with Gasteiger partial charge in [-0.25, -0.2) is 0 Å². The van der Waals surface area contributed by atoms with Crippen LogP contribution >= 0.6 is 15.9 Å². The van der Waals surface area contributed by atoms with Gasteiger partial charge in [0.1, 0.15) is 11.8 Å². The van der Waals surface area contributed by atoms with Crippen molar-refractivity contribution in [3.05, 3.63) is 68.7 Å². The molecule has 0 bridgehead atoms. The number of nitro benzene ring substituents is 1. The van der Waals surface area contributed by atoms with Crippen LogP contribution in [0.5, 0.6) is 0 Å². The van der Waals surface area contributed by atoms with E-state index in [0.29, 0.717) is 23.2 Å². The van der Waals surface area contributed by atoms with E-state index in [-0.39, 0.29) is 22.8 Å². The van der Waals surface area contributed by atoms with Crippen LogP contribution in [0.3, 0.4) is 0 Å². The number of nitro groups is 1. The normalized spacial score (nSPS) is 21.2. The van der Waals surface area contributed by atoms with Gasteiger partial charge in [-0.2, -0.15) is 0 Å². The second-order valence-electron chi connectivity index (χ2n) is 5.64. The van der Waals surface area contributed by atoms with Crippen LogP contribution in [0.1, 0.15) is 18.6 Å². The van der Waals surface area contributed by atoms with Gasteiger partial charge in [-0.1, -0.05) is 46.3 Å². The summed E-state index contributed by atoms with van der Waals surface area (Å²) in [5.41, 5.74) is 1.83. The molecular formula is C17H17BrN2O3. The Morgan fingerprint density at radius 2 is 1.96 bits per heavy atom. The van der Waals surface area contributed by atoms with Crippen LogP contribution < -0.4 is 4.90 Å². The van der Waals surface area contributed by atoms with Crippen LogP contribution in [0, 0.1) is 10.1 Å². The van der Waals surface area contributed by atoms with Crippen molar-refractivity contribution in [1.29, 1.82) is 0 Å². The molecule has 6 heteroatoms. The lowest BCUT2D eigenvalue weighted by Crippen LogP contribution is -2.43. The number of hydrogen-bond acceptors (Lipinski definition) is 4. The van der Waals surface area contributed by atoms with E-state index in [2.05, 4.69) is 15.9 Å². The third-order valence-electron chi connectivity index (χ3n) is 3.91. The highest BCUT2D eigenvalue weighted by Crippen LogP contribution is 2.35. The minimum Gasteiger partial charge on any atom is -0.367 e. The van der Waals surface area contributed by atoms with Gasteiger partial charge in [0, 0.05) is 23.6 Å². The molecule has 1 fully saturated rings. The summed E-state index contributed by atoms with van der Waals surface area (Å²) in [6, 6.07) is 15.1. The largest absolute Gasteiger partial charge is 0.367 e. The van der Waals surface area contributed by atoms with Crippen molar-refractivity contribution in [3.63, 3.8) is 0 Å². The highest BCUT2D eigenvalue weighted by Gasteiger charge is 2.30. The number of morpholine rings is 1. The van der Waals surface area contributed by atoms with E-state index in [1.165, 1.54) is 0 Å². The Bertz CT molecular complexity index is 708. The molecule has 1 heterocycles. The average molecular weight is 377 g/mol. The second kappa shape index (κ2) is 6.68. The van der Waals surface area contributed by atoms with Crippen molar-refractivity contribution in [2.45, 2.75) is 19.1 Å². The summed E-state index contributed by atoms with van der Waals surface area (Å²) in [7, 11) is 0. The summed E-state index contributed by atoms with van der Waals surface area (Å²) in [6.07, 6.45) is -0.0968. The molecule has 120 valence electrons. The fourth-order valence-electron chi connectivity index (χ4n) is 2.91. The first-order valence-electron chi connectivity index (χ1n) is 7.44. The Morgan fingerprint density at radius 3 is 2.65 bits per heavy atom. The van der Waals surface area contributed by atoms with Gasteiger partial charge in [-0.3, -0.25) is 10.1 Å². The van der Waals surface area contributed by atoms with E-state index in [1.54, 1.807) is 12.1 Å². The summed E-state index contributed by atoms with van der Waals surface area (Å²) in [4.78, 5) is 13.1. The van der Waals surface area contributed by atoms with Gasteiger partial charge >= 0.3 is 0 Å².